The highest BCUT2D eigenvalue weighted by atomic mass is 16.5. The van der Waals surface area contributed by atoms with E-state index in [0.717, 1.165) is 5.56 Å². The van der Waals surface area contributed by atoms with Crippen molar-refractivity contribution in [2.75, 3.05) is 26.9 Å². The summed E-state index contributed by atoms with van der Waals surface area (Å²) in [5, 5.41) is 26.6. The third-order valence-electron chi connectivity index (χ3n) is 2.30. The first kappa shape index (κ1) is 14.5. The fourth-order valence-electron chi connectivity index (χ4n) is 1.39. The molecule has 5 heteroatoms. The molecule has 0 unspecified atom stereocenters. The molecular weight excluding hydrogens is 236 g/mol. The van der Waals surface area contributed by atoms with Gasteiger partial charge in [0.2, 0.25) is 0 Å². The number of aliphatic hydroxyl groups is 3. The smallest absolute Gasteiger partial charge is 0.161 e. The van der Waals surface area contributed by atoms with Gasteiger partial charge in [-0.3, -0.25) is 0 Å². The van der Waals surface area contributed by atoms with Gasteiger partial charge in [0.05, 0.1) is 26.9 Å². The fourth-order valence-corrected chi connectivity index (χ4v) is 1.39. The Kier molecular flexibility index (Phi) is 6.21. The Balaban J connectivity index is 2.89. The largest absolute Gasteiger partial charge is 0.493 e. The van der Waals surface area contributed by atoms with Crippen molar-refractivity contribution in [2.45, 2.75) is 6.10 Å². The van der Waals surface area contributed by atoms with Gasteiger partial charge >= 0.3 is 0 Å². The van der Waals surface area contributed by atoms with Gasteiger partial charge in [-0.05, 0) is 17.7 Å². The van der Waals surface area contributed by atoms with Gasteiger partial charge in [0.25, 0.3) is 0 Å². The van der Waals surface area contributed by atoms with Crippen LogP contribution in [-0.4, -0.2) is 48.4 Å². The Morgan fingerprint density at radius 1 is 1.17 bits per heavy atom. The van der Waals surface area contributed by atoms with Gasteiger partial charge in [-0.15, -0.1) is 0 Å². The third-order valence-corrected chi connectivity index (χ3v) is 2.30. The molecule has 0 bridgehead atoms. The topological polar surface area (TPSA) is 79.2 Å². The van der Waals surface area contributed by atoms with Gasteiger partial charge in [-0.25, -0.2) is 0 Å². The summed E-state index contributed by atoms with van der Waals surface area (Å²) in [7, 11) is 1.51. The molecule has 0 aliphatic rings. The van der Waals surface area contributed by atoms with Gasteiger partial charge in [0.1, 0.15) is 6.10 Å². The Hall–Kier alpha value is -1.56. The van der Waals surface area contributed by atoms with Crippen LogP contribution in [0.25, 0.3) is 6.08 Å². The van der Waals surface area contributed by atoms with Gasteiger partial charge in [0.15, 0.2) is 11.5 Å². The van der Waals surface area contributed by atoms with Crippen molar-refractivity contribution in [3.05, 3.63) is 29.8 Å². The van der Waals surface area contributed by atoms with Crippen molar-refractivity contribution in [3.8, 4) is 11.5 Å². The van der Waals surface area contributed by atoms with Crippen LogP contribution in [0.2, 0.25) is 0 Å². The Labute approximate surface area is 106 Å². The second-order valence-electron chi connectivity index (χ2n) is 3.60. The van der Waals surface area contributed by atoms with Crippen LogP contribution in [0.15, 0.2) is 24.3 Å². The quantitative estimate of drug-likeness (QED) is 0.657. The molecule has 0 aliphatic carbocycles. The van der Waals surface area contributed by atoms with E-state index in [1.165, 1.54) is 7.11 Å². The highest BCUT2D eigenvalue weighted by Crippen LogP contribution is 2.29. The predicted octanol–water partition coefficient (Wildman–Crippen LogP) is 0.433. The summed E-state index contributed by atoms with van der Waals surface area (Å²) >= 11 is 0. The van der Waals surface area contributed by atoms with Crippen molar-refractivity contribution >= 4 is 6.08 Å². The van der Waals surface area contributed by atoms with Crippen LogP contribution in [0.4, 0.5) is 0 Å². The van der Waals surface area contributed by atoms with E-state index in [9.17, 15) is 0 Å². The van der Waals surface area contributed by atoms with Crippen LogP contribution in [0.3, 0.4) is 0 Å². The summed E-state index contributed by atoms with van der Waals surface area (Å²) in [4.78, 5) is 0. The number of hydrogen-bond donors (Lipinski definition) is 3. The summed E-state index contributed by atoms with van der Waals surface area (Å²) in [6.45, 7) is -0.574. The predicted molar refractivity (Wildman–Crippen MR) is 67.7 cm³/mol. The van der Waals surface area contributed by atoms with E-state index < -0.39 is 6.10 Å². The molecule has 3 N–H and O–H groups in total. The van der Waals surface area contributed by atoms with E-state index in [0.29, 0.717) is 11.5 Å². The highest BCUT2D eigenvalue weighted by Gasteiger charge is 2.11. The monoisotopic (exact) mass is 254 g/mol. The van der Waals surface area contributed by atoms with Crippen LogP contribution in [-0.2, 0) is 0 Å². The molecule has 0 heterocycles. The van der Waals surface area contributed by atoms with E-state index in [2.05, 4.69) is 0 Å². The SMILES string of the molecule is COc1cc(C=CCO)ccc1OC(CO)CO. The molecule has 0 saturated heterocycles. The average Bonchev–Trinajstić information content (AvgIpc) is 2.43. The first-order valence-electron chi connectivity index (χ1n) is 5.59. The Morgan fingerprint density at radius 2 is 1.89 bits per heavy atom. The number of benzene rings is 1. The van der Waals surface area contributed by atoms with Gasteiger partial charge < -0.3 is 24.8 Å². The van der Waals surface area contributed by atoms with Gasteiger partial charge in [-0.2, -0.15) is 0 Å². The second-order valence-corrected chi connectivity index (χ2v) is 3.60. The lowest BCUT2D eigenvalue weighted by atomic mass is 10.2. The van der Waals surface area contributed by atoms with Gasteiger partial charge in [-0.1, -0.05) is 18.2 Å². The molecule has 1 aromatic carbocycles. The molecule has 100 valence electrons. The van der Waals surface area contributed by atoms with Crippen LogP contribution >= 0.6 is 0 Å². The lowest BCUT2D eigenvalue weighted by molar-refractivity contribution is 0.0610. The van der Waals surface area contributed by atoms with E-state index in [-0.39, 0.29) is 19.8 Å². The number of rotatable bonds is 7. The summed E-state index contributed by atoms with van der Waals surface area (Å²) in [5.74, 6) is 0.953. The third kappa shape index (κ3) is 4.03. The summed E-state index contributed by atoms with van der Waals surface area (Å²) < 4.78 is 10.6. The molecule has 0 atom stereocenters. The minimum Gasteiger partial charge on any atom is -0.493 e. The van der Waals surface area contributed by atoms with Crippen molar-refractivity contribution in [1.82, 2.24) is 0 Å². The fraction of sp³-hybridized carbons (Fsp3) is 0.385. The van der Waals surface area contributed by atoms with Crippen molar-refractivity contribution in [3.63, 3.8) is 0 Å². The molecule has 0 aromatic heterocycles. The summed E-state index contributed by atoms with van der Waals surface area (Å²) in [5.41, 5.74) is 0.859. The Bertz CT molecular complexity index is 385. The standard InChI is InChI=1S/C13H18O5/c1-17-13-7-10(3-2-6-14)4-5-12(13)18-11(8-15)9-16/h2-5,7,11,14-16H,6,8-9H2,1H3. The van der Waals surface area contributed by atoms with Gasteiger partial charge in [0, 0.05) is 0 Å². The first-order valence-corrected chi connectivity index (χ1v) is 5.59. The van der Waals surface area contributed by atoms with E-state index in [1.54, 1.807) is 30.4 Å². The molecule has 0 saturated carbocycles. The molecule has 1 rings (SSSR count). The summed E-state index contributed by atoms with van der Waals surface area (Å²) in [6.07, 6.45) is 2.69. The molecule has 5 nitrogen and oxygen atoms in total. The number of hydrogen-bond acceptors (Lipinski definition) is 5. The molecule has 0 spiro atoms. The molecule has 1 aromatic rings. The maximum atomic E-state index is 8.96. The van der Waals surface area contributed by atoms with E-state index in [4.69, 9.17) is 24.8 Å². The highest BCUT2D eigenvalue weighted by molar-refractivity contribution is 5.55. The second kappa shape index (κ2) is 7.71. The maximum absolute atomic E-state index is 8.96. The lowest BCUT2D eigenvalue weighted by Gasteiger charge is -2.16. The molecular formula is C13H18O5. The Morgan fingerprint density at radius 3 is 2.44 bits per heavy atom. The normalized spacial score (nSPS) is 11.2. The van der Waals surface area contributed by atoms with E-state index >= 15 is 0 Å². The number of aliphatic hydroxyl groups excluding tert-OH is 3. The minimum atomic E-state index is -0.669. The molecule has 18 heavy (non-hydrogen) atoms. The van der Waals surface area contributed by atoms with Crippen LogP contribution in [0, 0.1) is 0 Å². The minimum absolute atomic E-state index is 0.0301. The average molecular weight is 254 g/mol. The van der Waals surface area contributed by atoms with Crippen LogP contribution in [0.5, 0.6) is 11.5 Å². The first-order chi connectivity index (χ1) is 8.74. The van der Waals surface area contributed by atoms with Crippen molar-refractivity contribution in [1.29, 1.82) is 0 Å². The molecule has 0 fully saturated rings. The zero-order valence-corrected chi connectivity index (χ0v) is 10.2. The number of ether oxygens (including phenoxy) is 2. The van der Waals surface area contributed by atoms with Crippen molar-refractivity contribution in [2.24, 2.45) is 0 Å². The summed E-state index contributed by atoms with van der Waals surface area (Å²) in [6, 6.07) is 5.22. The van der Waals surface area contributed by atoms with Crippen LogP contribution < -0.4 is 9.47 Å². The van der Waals surface area contributed by atoms with Crippen LogP contribution in [0.1, 0.15) is 5.56 Å². The van der Waals surface area contributed by atoms with Crippen molar-refractivity contribution < 1.29 is 24.8 Å². The maximum Gasteiger partial charge on any atom is 0.161 e. The zero-order chi connectivity index (χ0) is 13.4. The molecule has 0 amide bonds. The number of methoxy groups -OCH3 is 1. The molecule has 0 radical (unpaired) electrons. The molecule has 0 aliphatic heterocycles. The van der Waals surface area contributed by atoms with E-state index in [1.807, 2.05) is 0 Å². The zero-order valence-electron chi connectivity index (χ0n) is 10.2. The lowest BCUT2D eigenvalue weighted by Crippen LogP contribution is -2.25.